The fourth-order valence-electron chi connectivity index (χ4n) is 3.65. The van der Waals surface area contributed by atoms with Gasteiger partial charge >= 0.3 is 12.2 Å². The molecule has 3 rings (SSSR count). The lowest BCUT2D eigenvalue weighted by molar-refractivity contribution is -0.137. The predicted molar refractivity (Wildman–Crippen MR) is 101 cm³/mol. The van der Waals surface area contributed by atoms with Crippen molar-refractivity contribution < 1.29 is 27.9 Å². The largest absolute Gasteiger partial charge is 0.417 e. The maximum absolute atomic E-state index is 13.4. The van der Waals surface area contributed by atoms with Crippen molar-refractivity contribution >= 4 is 17.6 Å². The highest BCUT2D eigenvalue weighted by atomic mass is 19.4. The second-order valence-corrected chi connectivity index (χ2v) is 6.80. The van der Waals surface area contributed by atoms with E-state index in [1.54, 1.807) is 37.3 Å². The Bertz CT molecular complexity index is 1020. The molecule has 1 unspecified atom stereocenters. The van der Waals surface area contributed by atoms with E-state index in [9.17, 15) is 27.9 Å². The smallest absolute Gasteiger partial charge is 0.393 e. The van der Waals surface area contributed by atoms with E-state index in [4.69, 9.17) is 5.26 Å². The zero-order chi connectivity index (χ0) is 22.1. The molecule has 1 N–H and O–H groups in total. The van der Waals surface area contributed by atoms with Gasteiger partial charge in [-0.25, -0.2) is 9.69 Å². The van der Waals surface area contributed by atoms with E-state index < -0.39 is 41.4 Å². The van der Waals surface area contributed by atoms with Crippen LogP contribution in [-0.4, -0.2) is 35.1 Å². The van der Waals surface area contributed by atoms with Crippen molar-refractivity contribution in [3.05, 3.63) is 65.2 Å². The van der Waals surface area contributed by atoms with Crippen LogP contribution in [0.1, 0.15) is 30.0 Å². The molecule has 1 aliphatic heterocycles. The number of aliphatic hydroxyl groups excluding tert-OH is 1. The van der Waals surface area contributed by atoms with E-state index in [0.29, 0.717) is 23.0 Å². The molecule has 2 aromatic carbocycles. The number of hydrogen-bond donors (Lipinski definition) is 1. The van der Waals surface area contributed by atoms with Crippen LogP contribution in [0.5, 0.6) is 0 Å². The summed E-state index contributed by atoms with van der Waals surface area (Å²) in [6.07, 6.45) is -4.38. The molecule has 0 saturated carbocycles. The van der Waals surface area contributed by atoms with Gasteiger partial charge < -0.3 is 10.0 Å². The second-order valence-electron chi connectivity index (χ2n) is 6.80. The number of rotatable bonds is 5. The fourth-order valence-corrected chi connectivity index (χ4v) is 3.65. The minimum atomic E-state index is -4.84. The molecular weight excluding hydrogens is 399 g/mol. The number of imide groups is 1. The number of urea groups is 1. The van der Waals surface area contributed by atoms with Crippen molar-refractivity contribution in [1.29, 1.82) is 5.26 Å². The maximum Gasteiger partial charge on any atom is 0.417 e. The molecule has 2 aromatic rings. The number of hydrogen-bond acceptors (Lipinski definition) is 4. The quantitative estimate of drug-likeness (QED) is 0.753. The third-order valence-corrected chi connectivity index (χ3v) is 5.05. The summed E-state index contributed by atoms with van der Waals surface area (Å²) < 4.78 is 40.2. The zero-order valence-corrected chi connectivity index (χ0v) is 16.0. The Morgan fingerprint density at radius 2 is 1.80 bits per heavy atom. The SMILES string of the molecule is CCCN1C(=O)N(c2ccc(C#N)c(C(F)(F)F)c2)C(=O)C1(CO)c1ccccc1. The molecule has 3 amide bonds. The number of halogens is 3. The Balaban J connectivity index is 2.20. The van der Waals surface area contributed by atoms with E-state index in [-0.39, 0.29) is 12.2 Å². The van der Waals surface area contributed by atoms with Gasteiger partial charge in [0.2, 0.25) is 0 Å². The summed E-state index contributed by atoms with van der Waals surface area (Å²) in [5.74, 6) is -0.854. The van der Waals surface area contributed by atoms with Gasteiger partial charge in [0.15, 0.2) is 5.54 Å². The van der Waals surface area contributed by atoms with Gasteiger partial charge in [-0.3, -0.25) is 4.79 Å². The molecule has 1 fully saturated rings. The van der Waals surface area contributed by atoms with Gasteiger partial charge in [0, 0.05) is 6.54 Å². The molecule has 0 aromatic heterocycles. The first-order valence-electron chi connectivity index (χ1n) is 9.16. The third kappa shape index (κ3) is 3.19. The van der Waals surface area contributed by atoms with Crippen molar-refractivity contribution in [2.45, 2.75) is 25.1 Å². The molecule has 6 nitrogen and oxygen atoms in total. The number of amides is 3. The first-order valence-corrected chi connectivity index (χ1v) is 9.16. The van der Waals surface area contributed by atoms with Crippen LogP contribution in [0.15, 0.2) is 48.5 Å². The highest BCUT2D eigenvalue weighted by molar-refractivity contribution is 6.23. The Hall–Kier alpha value is -3.38. The summed E-state index contributed by atoms with van der Waals surface area (Å²) in [5, 5.41) is 19.2. The maximum atomic E-state index is 13.4. The molecule has 1 saturated heterocycles. The molecule has 0 bridgehead atoms. The second kappa shape index (κ2) is 7.80. The van der Waals surface area contributed by atoms with E-state index in [0.717, 1.165) is 12.1 Å². The van der Waals surface area contributed by atoms with Crippen LogP contribution in [0, 0.1) is 11.3 Å². The highest BCUT2D eigenvalue weighted by Gasteiger charge is 2.58. The Kier molecular flexibility index (Phi) is 5.55. The molecule has 0 spiro atoms. The van der Waals surface area contributed by atoms with Gasteiger partial charge in [0.25, 0.3) is 5.91 Å². The Morgan fingerprint density at radius 3 is 2.33 bits per heavy atom. The Labute approximate surface area is 170 Å². The van der Waals surface area contributed by atoms with Crippen molar-refractivity contribution in [2.75, 3.05) is 18.1 Å². The lowest BCUT2D eigenvalue weighted by Crippen LogP contribution is -2.50. The predicted octanol–water partition coefficient (Wildman–Crippen LogP) is 3.64. The van der Waals surface area contributed by atoms with Crippen molar-refractivity contribution in [1.82, 2.24) is 4.90 Å². The van der Waals surface area contributed by atoms with Gasteiger partial charge in [-0.05, 0) is 30.2 Å². The molecule has 1 heterocycles. The number of aliphatic hydroxyl groups is 1. The first kappa shape index (κ1) is 21.3. The number of benzene rings is 2. The van der Waals surface area contributed by atoms with Gasteiger partial charge in [-0.15, -0.1) is 0 Å². The average molecular weight is 417 g/mol. The molecule has 0 aliphatic carbocycles. The highest BCUT2D eigenvalue weighted by Crippen LogP contribution is 2.41. The topological polar surface area (TPSA) is 84.6 Å². The van der Waals surface area contributed by atoms with Gasteiger partial charge in [0.1, 0.15) is 0 Å². The summed E-state index contributed by atoms with van der Waals surface area (Å²) in [4.78, 5) is 28.4. The number of anilines is 1. The summed E-state index contributed by atoms with van der Waals surface area (Å²) in [7, 11) is 0. The van der Waals surface area contributed by atoms with Crippen LogP contribution in [-0.2, 0) is 16.5 Å². The number of carbonyl (C=O) groups is 2. The molecule has 30 heavy (non-hydrogen) atoms. The van der Waals surface area contributed by atoms with E-state index in [1.807, 2.05) is 0 Å². The number of nitriles is 1. The average Bonchev–Trinajstić information content (AvgIpc) is 2.95. The molecular formula is C21H18F3N3O3. The zero-order valence-electron chi connectivity index (χ0n) is 16.0. The standard InChI is InChI=1S/C21H18F3N3O3/c1-2-10-26-19(30)27(16-9-8-14(12-25)17(11-16)21(22,23)24)18(29)20(26,13-28)15-6-4-3-5-7-15/h3-9,11,28H,2,10,13H2,1H3. The first-order chi connectivity index (χ1) is 14.2. The van der Waals surface area contributed by atoms with Crippen LogP contribution in [0.3, 0.4) is 0 Å². The molecule has 156 valence electrons. The van der Waals surface area contributed by atoms with Gasteiger partial charge in [-0.1, -0.05) is 37.3 Å². The summed E-state index contributed by atoms with van der Waals surface area (Å²) >= 11 is 0. The van der Waals surface area contributed by atoms with E-state index >= 15 is 0 Å². The monoisotopic (exact) mass is 417 g/mol. The molecule has 9 heteroatoms. The molecule has 1 aliphatic rings. The number of alkyl halides is 3. The van der Waals surface area contributed by atoms with Crippen LogP contribution in [0.25, 0.3) is 0 Å². The van der Waals surface area contributed by atoms with Gasteiger partial charge in [0.05, 0.1) is 29.5 Å². The lowest BCUT2D eigenvalue weighted by atomic mass is 9.88. The lowest BCUT2D eigenvalue weighted by Gasteiger charge is -2.33. The third-order valence-electron chi connectivity index (χ3n) is 5.05. The minimum absolute atomic E-state index is 0.110. The fraction of sp³-hybridized carbons (Fsp3) is 0.286. The van der Waals surface area contributed by atoms with Crippen LogP contribution >= 0.6 is 0 Å². The molecule has 1 atom stereocenters. The summed E-state index contributed by atoms with van der Waals surface area (Å²) in [5.41, 5.74) is -3.57. The van der Waals surface area contributed by atoms with Crippen molar-refractivity contribution in [2.24, 2.45) is 0 Å². The number of nitrogens with zero attached hydrogens (tertiary/aromatic N) is 3. The normalized spacial score (nSPS) is 19.3. The van der Waals surface area contributed by atoms with Gasteiger partial charge in [-0.2, -0.15) is 18.4 Å². The van der Waals surface area contributed by atoms with E-state index in [1.165, 1.54) is 11.0 Å². The van der Waals surface area contributed by atoms with Crippen LogP contribution < -0.4 is 4.90 Å². The van der Waals surface area contributed by atoms with Crippen molar-refractivity contribution in [3.8, 4) is 6.07 Å². The van der Waals surface area contributed by atoms with E-state index in [2.05, 4.69) is 0 Å². The van der Waals surface area contributed by atoms with Crippen LogP contribution in [0.2, 0.25) is 0 Å². The summed E-state index contributed by atoms with van der Waals surface area (Å²) in [6.45, 7) is 1.15. The Morgan fingerprint density at radius 1 is 1.13 bits per heavy atom. The molecule has 0 radical (unpaired) electrons. The minimum Gasteiger partial charge on any atom is -0.393 e. The number of carbonyl (C=O) groups excluding carboxylic acids is 2. The summed E-state index contributed by atoms with van der Waals surface area (Å²) in [6, 6.07) is 11.4. The van der Waals surface area contributed by atoms with Crippen molar-refractivity contribution in [3.63, 3.8) is 0 Å². The van der Waals surface area contributed by atoms with Crippen LogP contribution in [0.4, 0.5) is 23.7 Å².